The lowest BCUT2D eigenvalue weighted by molar-refractivity contribution is 0.130. The average molecular weight is 255 g/mol. The second kappa shape index (κ2) is 5.69. The summed E-state index contributed by atoms with van der Waals surface area (Å²) in [5, 5.41) is 0.564. The molecule has 3 nitrogen and oxygen atoms in total. The number of hydrogen-bond acceptors (Lipinski definition) is 3. The molecule has 17 heavy (non-hydrogen) atoms. The van der Waals surface area contributed by atoms with Crippen molar-refractivity contribution in [2.75, 3.05) is 0 Å². The van der Waals surface area contributed by atoms with E-state index < -0.39 is 0 Å². The molecule has 1 heterocycles. The molecule has 4 heteroatoms. The van der Waals surface area contributed by atoms with Crippen LogP contribution in [0.3, 0.4) is 0 Å². The Morgan fingerprint density at radius 3 is 2.76 bits per heavy atom. The molecule has 1 fully saturated rings. The molecule has 0 atom stereocenters. The number of nitrogens with zero attached hydrogens (tertiary/aromatic N) is 1. The van der Waals surface area contributed by atoms with Crippen molar-refractivity contribution in [2.45, 2.75) is 45.3 Å². The van der Waals surface area contributed by atoms with E-state index in [1.165, 1.54) is 12.8 Å². The van der Waals surface area contributed by atoms with Crippen LogP contribution in [0.1, 0.15) is 38.2 Å². The zero-order valence-electron chi connectivity index (χ0n) is 10.2. The highest BCUT2D eigenvalue weighted by Gasteiger charge is 2.21. The van der Waals surface area contributed by atoms with Gasteiger partial charge >= 0.3 is 0 Å². The van der Waals surface area contributed by atoms with E-state index in [1.807, 2.05) is 6.07 Å². The third kappa shape index (κ3) is 3.11. The van der Waals surface area contributed by atoms with E-state index in [9.17, 15) is 0 Å². The van der Waals surface area contributed by atoms with E-state index >= 15 is 0 Å². The van der Waals surface area contributed by atoms with Crippen LogP contribution in [0.15, 0.2) is 12.3 Å². The van der Waals surface area contributed by atoms with Gasteiger partial charge in [-0.3, -0.25) is 0 Å². The summed E-state index contributed by atoms with van der Waals surface area (Å²) in [5.41, 5.74) is 6.49. The number of hydrogen-bond donors (Lipinski definition) is 1. The van der Waals surface area contributed by atoms with Crippen molar-refractivity contribution in [3.63, 3.8) is 0 Å². The largest absolute Gasteiger partial charge is 0.473 e. The van der Waals surface area contributed by atoms with Gasteiger partial charge in [-0.2, -0.15) is 0 Å². The SMILES string of the molecule is CC1CCC(Oc2nccc(CN)c2Cl)CC1. The third-order valence-electron chi connectivity index (χ3n) is 3.40. The molecule has 0 bridgehead atoms. The molecule has 1 aromatic heterocycles. The minimum atomic E-state index is 0.254. The maximum absolute atomic E-state index is 6.19. The van der Waals surface area contributed by atoms with Gasteiger partial charge in [0.25, 0.3) is 0 Å². The Bertz CT molecular complexity index is 376. The van der Waals surface area contributed by atoms with Gasteiger partial charge in [0.1, 0.15) is 11.1 Å². The van der Waals surface area contributed by atoms with Crippen LogP contribution in [0.4, 0.5) is 0 Å². The van der Waals surface area contributed by atoms with E-state index in [1.54, 1.807) is 6.20 Å². The number of ether oxygens (including phenoxy) is 1. The molecule has 94 valence electrons. The standard InChI is InChI=1S/C13H19ClN2O/c1-9-2-4-11(5-3-9)17-13-12(14)10(8-15)6-7-16-13/h6-7,9,11H,2-5,8,15H2,1H3. The Labute approximate surface area is 107 Å². The summed E-state index contributed by atoms with van der Waals surface area (Å²) in [7, 11) is 0. The Balaban J connectivity index is 2.03. The van der Waals surface area contributed by atoms with E-state index in [2.05, 4.69) is 11.9 Å². The fraction of sp³-hybridized carbons (Fsp3) is 0.615. The lowest BCUT2D eigenvalue weighted by atomic mass is 9.89. The summed E-state index contributed by atoms with van der Waals surface area (Å²) >= 11 is 6.19. The lowest BCUT2D eigenvalue weighted by Crippen LogP contribution is -2.23. The fourth-order valence-electron chi connectivity index (χ4n) is 2.21. The van der Waals surface area contributed by atoms with Gasteiger partial charge in [-0.15, -0.1) is 0 Å². The Morgan fingerprint density at radius 1 is 1.41 bits per heavy atom. The highest BCUT2D eigenvalue weighted by atomic mass is 35.5. The molecule has 0 spiro atoms. The quantitative estimate of drug-likeness (QED) is 0.902. The van der Waals surface area contributed by atoms with Crippen molar-refractivity contribution >= 4 is 11.6 Å². The Morgan fingerprint density at radius 2 is 2.12 bits per heavy atom. The van der Waals surface area contributed by atoms with Crippen molar-refractivity contribution < 1.29 is 4.74 Å². The smallest absolute Gasteiger partial charge is 0.233 e. The molecule has 2 N–H and O–H groups in total. The predicted molar refractivity (Wildman–Crippen MR) is 69.2 cm³/mol. The van der Waals surface area contributed by atoms with Crippen molar-refractivity contribution in [2.24, 2.45) is 11.7 Å². The summed E-state index contributed by atoms with van der Waals surface area (Å²) in [4.78, 5) is 4.19. The van der Waals surface area contributed by atoms with E-state index in [4.69, 9.17) is 22.1 Å². The second-order valence-electron chi connectivity index (χ2n) is 4.79. The molecule has 0 unspecified atom stereocenters. The van der Waals surface area contributed by atoms with Crippen molar-refractivity contribution in [1.82, 2.24) is 4.98 Å². The van der Waals surface area contributed by atoms with Crippen LogP contribution in [0.2, 0.25) is 5.02 Å². The summed E-state index contributed by atoms with van der Waals surface area (Å²) in [6.07, 6.45) is 6.58. The summed E-state index contributed by atoms with van der Waals surface area (Å²) < 4.78 is 5.88. The maximum Gasteiger partial charge on any atom is 0.233 e. The van der Waals surface area contributed by atoms with E-state index in [-0.39, 0.29) is 6.10 Å². The highest BCUT2D eigenvalue weighted by molar-refractivity contribution is 6.32. The van der Waals surface area contributed by atoms with Gasteiger partial charge in [0.15, 0.2) is 0 Å². The van der Waals surface area contributed by atoms with Gasteiger partial charge in [-0.25, -0.2) is 4.98 Å². The molecule has 1 aliphatic rings. The van der Waals surface area contributed by atoms with Crippen LogP contribution < -0.4 is 10.5 Å². The molecule has 2 rings (SSSR count). The minimum absolute atomic E-state index is 0.254. The molecule has 1 saturated carbocycles. The van der Waals surface area contributed by atoms with Gasteiger partial charge in [0.2, 0.25) is 5.88 Å². The van der Waals surface area contributed by atoms with Gasteiger partial charge in [-0.05, 0) is 43.2 Å². The molecule has 0 amide bonds. The van der Waals surface area contributed by atoms with Gasteiger partial charge in [0.05, 0.1) is 0 Å². The molecule has 0 saturated heterocycles. The van der Waals surface area contributed by atoms with Gasteiger partial charge in [-0.1, -0.05) is 18.5 Å². The number of nitrogens with two attached hydrogens (primary N) is 1. The number of pyridine rings is 1. The van der Waals surface area contributed by atoms with Crippen molar-refractivity contribution in [3.8, 4) is 5.88 Å². The molecular weight excluding hydrogens is 236 g/mol. The second-order valence-corrected chi connectivity index (χ2v) is 5.17. The zero-order valence-corrected chi connectivity index (χ0v) is 10.9. The lowest BCUT2D eigenvalue weighted by Gasteiger charge is -2.26. The molecule has 0 aromatic carbocycles. The molecule has 1 aliphatic carbocycles. The molecule has 1 aromatic rings. The Kier molecular flexibility index (Phi) is 4.24. The first-order valence-corrected chi connectivity index (χ1v) is 6.58. The van der Waals surface area contributed by atoms with Crippen LogP contribution in [-0.4, -0.2) is 11.1 Å². The van der Waals surface area contributed by atoms with Crippen LogP contribution in [-0.2, 0) is 6.54 Å². The van der Waals surface area contributed by atoms with Crippen LogP contribution >= 0.6 is 11.6 Å². The zero-order chi connectivity index (χ0) is 12.3. The Hall–Kier alpha value is -0.800. The maximum atomic E-state index is 6.19. The van der Waals surface area contributed by atoms with Crippen LogP contribution in [0.5, 0.6) is 5.88 Å². The highest BCUT2D eigenvalue weighted by Crippen LogP contribution is 2.30. The minimum Gasteiger partial charge on any atom is -0.473 e. The summed E-state index contributed by atoms with van der Waals surface area (Å²) in [5.74, 6) is 1.35. The van der Waals surface area contributed by atoms with E-state index in [0.29, 0.717) is 17.4 Å². The average Bonchev–Trinajstić information content (AvgIpc) is 2.35. The normalized spacial score (nSPS) is 24.6. The van der Waals surface area contributed by atoms with Gasteiger partial charge in [0, 0.05) is 12.7 Å². The molecule has 0 aliphatic heterocycles. The van der Waals surface area contributed by atoms with E-state index in [0.717, 1.165) is 24.3 Å². The van der Waals surface area contributed by atoms with Crippen LogP contribution in [0, 0.1) is 5.92 Å². The topological polar surface area (TPSA) is 48.1 Å². The summed E-state index contributed by atoms with van der Waals surface area (Å²) in [6, 6.07) is 1.83. The molecular formula is C13H19ClN2O. The first kappa shape index (κ1) is 12.7. The number of halogens is 1. The first-order chi connectivity index (χ1) is 8.20. The number of rotatable bonds is 3. The first-order valence-electron chi connectivity index (χ1n) is 6.20. The van der Waals surface area contributed by atoms with Crippen molar-refractivity contribution in [3.05, 3.63) is 22.8 Å². The third-order valence-corrected chi connectivity index (χ3v) is 3.80. The number of aromatic nitrogens is 1. The molecule has 0 radical (unpaired) electrons. The van der Waals surface area contributed by atoms with Crippen molar-refractivity contribution in [1.29, 1.82) is 0 Å². The summed E-state index contributed by atoms with van der Waals surface area (Å²) in [6.45, 7) is 2.70. The monoisotopic (exact) mass is 254 g/mol. The van der Waals surface area contributed by atoms with Gasteiger partial charge < -0.3 is 10.5 Å². The fourth-order valence-corrected chi connectivity index (χ4v) is 2.44. The predicted octanol–water partition coefficient (Wildman–Crippen LogP) is 3.15. The van der Waals surface area contributed by atoms with Crippen LogP contribution in [0.25, 0.3) is 0 Å².